The first-order chi connectivity index (χ1) is 49.3. The molecule has 34 heteroatoms. The number of nitrogens with zero attached hydrogens (tertiary/aromatic N) is 4. The van der Waals surface area contributed by atoms with Gasteiger partial charge < -0.3 is 97.4 Å². The van der Waals surface area contributed by atoms with Crippen LogP contribution in [0, 0.1) is 17.2 Å². The third-order valence-corrected chi connectivity index (χ3v) is 17.2. The van der Waals surface area contributed by atoms with Gasteiger partial charge in [0.25, 0.3) is 5.91 Å². The number of nitrogens with one attached hydrogen (secondary N) is 8. The number of esters is 1. The van der Waals surface area contributed by atoms with Crippen LogP contribution in [0.5, 0.6) is 5.75 Å². The number of ketones is 1. The molecule has 2 aliphatic rings. The molecule has 10 amide bonds. The lowest BCUT2D eigenvalue weighted by atomic mass is 9.87. The number of phenolic OH excluding ortho intramolecular Hbond substituents is 1. The summed E-state index contributed by atoms with van der Waals surface area (Å²) in [6.45, 7) is 5.35. The summed E-state index contributed by atoms with van der Waals surface area (Å²) in [6.07, 6.45) is -1.26. The van der Waals surface area contributed by atoms with Gasteiger partial charge in [0.05, 0.1) is 5.41 Å². The molecular weight excluding hydrogens is 1350 g/mol. The molecule has 0 aliphatic carbocycles. The highest BCUT2D eigenvalue weighted by Gasteiger charge is 2.43. The number of aliphatic imine (C=N–C) groups is 3. The van der Waals surface area contributed by atoms with Gasteiger partial charge in [-0.15, -0.1) is 0 Å². The predicted molar refractivity (Wildman–Crippen MR) is 383 cm³/mol. The van der Waals surface area contributed by atoms with E-state index in [1.807, 2.05) is 12.1 Å². The Kier molecular flexibility index (Phi) is 33.7. The fourth-order valence-corrected chi connectivity index (χ4v) is 11.6. The van der Waals surface area contributed by atoms with Crippen molar-refractivity contribution in [2.75, 3.05) is 32.8 Å². The number of aryl methyl sites for hydroxylation is 1. The predicted octanol–water partition coefficient (Wildman–Crippen LogP) is -1.78. The van der Waals surface area contributed by atoms with Crippen molar-refractivity contribution < 1.29 is 71.8 Å². The summed E-state index contributed by atoms with van der Waals surface area (Å²) in [7, 11) is 0. The molecule has 23 N–H and O–H groups in total. The second kappa shape index (κ2) is 41.8. The molecule has 104 heavy (non-hydrogen) atoms. The molecule has 2 aliphatic heterocycles. The van der Waals surface area contributed by atoms with Crippen LogP contribution >= 0.6 is 0 Å². The molecule has 2 fully saturated rings. The van der Waals surface area contributed by atoms with Crippen LogP contribution in [0.2, 0.25) is 0 Å². The zero-order valence-electron chi connectivity index (χ0n) is 59.3. The van der Waals surface area contributed by atoms with Crippen molar-refractivity contribution in [3.05, 3.63) is 101 Å². The van der Waals surface area contributed by atoms with Crippen molar-refractivity contribution in [2.45, 2.75) is 191 Å². The number of Topliss-reactive ketones (excluding diaryl/α,β-unsaturated/α-hetero) is 1. The van der Waals surface area contributed by atoms with Crippen molar-refractivity contribution in [1.29, 1.82) is 0 Å². The number of aromatic hydroxyl groups is 1. The molecule has 0 radical (unpaired) electrons. The highest BCUT2D eigenvalue weighted by Crippen LogP contribution is 2.25. The summed E-state index contributed by atoms with van der Waals surface area (Å²) in [5.41, 5.74) is 39.1. The van der Waals surface area contributed by atoms with Crippen LogP contribution < -0.4 is 82.7 Å². The van der Waals surface area contributed by atoms with Gasteiger partial charge in [-0.1, -0.05) is 68.4 Å². The summed E-state index contributed by atoms with van der Waals surface area (Å²) in [5.74, 6) is -13.4. The van der Waals surface area contributed by atoms with E-state index in [1.54, 1.807) is 32.0 Å². The van der Waals surface area contributed by atoms with Crippen LogP contribution in [0.4, 0.5) is 4.39 Å². The molecule has 33 nitrogen and oxygen atoms in total. The van der Waals surface area contributed by atoms with Gasteiger partial charge in [0.15, 0.2) is 17.9 Å². The zero-order chi connectivity index (χ0) is 76.6. The van der Waals surface area contributed by atoms with E-state index in [4.69, 9.17) is 44.9 Å². The summed E-state index contributed by atoms with van der Waals surface area (Å²) in [5, 5.41) is 31.8. The molecule has 2 heterocycles. The lowest BCUT2D eigenvalue weighted by Gasteiger charge is -2.36. The molecule has 0 unspecified atom stereocenters. The monoisotopic (exact) mass is 1450 g/mol. The summed E-state index contributed by atoms with van der Waals surface area (Å²) in [6, 6.07) is 6.25. The number of carbonyl (C=O) groups excluding carboxylic acids is 12. The fourth-order valence-electron chi connectivity index (χ4n) is 11.6. The first-order valence-corrected chi connectivity index (χ1v) is 34.7. The fraction of sp³-hybridized carbons (Fsp3) is 0.529. The largest absolute Gasteiger partial charge is 0.508 e. The van der Waals surface area contributed by atoms with Crippen molar-refractivity contribution in [2.24, 2.45) is 66.4 Å². The molecule has 0 saturated carbocycles. The van der Waals surface area contributed by atoms with Gasteiger partial charge >= 0.3 is 5.97 Å². The minimum Gasteiger partial charge on any atom is -0.508 e. The smallest absolute Gasteiger partial charge is 0.328 e. The van der Waals surface area contributed by atoms with Crippen LogP contribution in [0.3, 0.4) is 0 Å². The molecule has 3 aromatic rings. The number of rotatable bonds is 24. The Morgan fingerprint density at radius 2 is 0.990 bits per heavy atom. The molecule has 0 aromatic heterocycles. The number of benzene rings is 3. The lowest BCUT2D eigenvalue weighted by Crippen LogP contribution is -2.60. The number of carbonyl (C=O) groups is 12. The van der Waals surface area contributed by atoms with Gasteiger partial charge in [0, 0.05) is 57.9 Å². The van der Waals surface area contributed by atoms with E-state index in [2.05, 4.69) is 57.5 Å². The number of piperidine rings is 1. The van der Waals surface area contributed by atoms with E-state index in [0.29, 0.717) is 24.8 Å². The molecular formula is C70H102FN19O14. The van der Waals surface area contributed by atoms with Gasteiger partial charge in [-0.05, 0) is 144 Å². The van der Waals surface area contributed by atoms with E-state index < -0.39 is 162 Å². The number of nitrogens with two attached hydrogens (primary N) is 7. The van der Waals surface area contributed by atoms with Crippen LogP contribution in [-0.4, -0.2) is 186 Å². The zero-order valence-corrected chi connectivity index (χ0v) is 59.3. The Morgan fingerprint density at radius 3 is 1.45 bits per heavy atom. The van der Waals surface area contributed by atoms with Gasteiger partial charge in [0.2, 0.25) is 58.9 Å². The first-order valence-electron chi connectivity index (χ1n) is 34.7. The van der Waals surface area contributed by atoms with E-state index in [-0.39, 0.29) is 132 Å². The molecule has 9 atom stereocenters. The first kappa shape index (κ1) is 83.7. The number of halogens is 1. The maximum absolute atomic E-state index is 15.1. The summed E-state index contributed by atoms with van der Waals surface area (Å²) in [4.78, 5) is 187. The van der Waals surface area contributed by atoms with Crippen LogP contribution in [0.1, 0.15) is 134 Å². The molecule has 5 rings (SSSR count). The van der Waals surface area contributed by atoms with Gasteiger partial charge in [-0.3, -0.25) is 67.7 Å². The second-order valence-electron chi connectivity index (χ2n) is 26.9. The highest BCUT2D eigenvalue weighted by molar-refractivity contribution is 6.38. The minimum atomic E-state index is -1.74. The topological polar surface area (TPSA) is 553 Å². The van der Waals surface area contributed by atoms with Crippen LogP contribution in [-0.2, 0) is 81.5 Å². The van der Waals surface area contributed by atoms with E-state index in [1.165, 1.54) is 50.2 Å². The van der Waals surface area contributed by atoms with Crippen LogP contribution in [0.15, 0.2) is 93.8 Å². The number of cyclic esters (lactones) is 1. The molecule has 568 valence electrons. The summed E-state index contributed by atoms with van der Waals surface area (Å²) >= 11 is 0. The summed E-state index contributed by atoms with van der Waals surface area (Å²) < 4.78 is 20.3. The molecule has 2 saturated heterocycles. The number of amides is 10. The number of guanidine groups is 3. The normalized spacial score (nSPS) is 22.6. The number of hydrogen-bond donors (Lipinski definition) is 16. The quantitative estimate of drug-likeness (QED) is 0.0155. The minimum absolute atomic E-state index is 0.00778. The third-order valence-electron chi connectivity index (χ3n) is 17.2. The number of phenols is 1. The highest BCUT2D eigenvalue weighted by atomic mass is 19.1. The van der Waals surface area contributed by atoms with Gasteiger partial charge in [-0.2, -0.15) is 0 Å². The molecule has 0 bridgehead atoms. The number of fused-ring (bicyclic) bond motifs is 1. The molecule has 3 aromatic carbocycles. The SMILES string of the molecule is CC(C)C[C@@H]1NC(=O)[C@H](CCCN=C(N)N)NC(=O)[C@H](CCCN=C(N)N)NC(=O)[C@H](Cc2ccc(O)cc2)NC(=O)[C@H](Cc2ccc(F)cc2)NC(=O)[C@H](CCCN=C(N)N)NC(=O)[C@H](CCC(N)=O)NC(=O)C[C@@H](CCc2ccccc2)NC(=O)[C@@H]2CCCCN2C(=O)C(=O)C(C)(C)COC1=O. The van der Waals surface area contributed by atoms with E-state index >= 15 is 9.59 Å². The van der Waals surface area contributed by atoms with E-state index in [9.17, 15) is 57.4 Å². The van der Waals surface area contributed by atoms with Gasteiger partial charge in [0.1, 0.15) is 66.5 Å². The Balaban J connectivity index is 1.68. The lowest BCUT2D eigenvalue weighted by molar-refractivity contribution is -0.159. The number of ether oxygens (including phenoxy) is 1. The average molecular weight is 1450 g/mol. The van der Waals surface area contributed by atoms with Crippen molar-refractivity contribution in [3.8, 4) is 5.75 Å². The standard InChI is InChI=1S/C70H102FN19O14/c1-40(2)35-53-66(103)104-39-70(3,4)57(94)65(102)90-34-9-8-18-54(90)64(101)82-45(26-21-41-13-6-5-7-14-41)38-56(93)83-50(29-30-55(72)92)61(98)85-48(16-11-32-80-68(75)76)59(96)87-52(36-42-19-24-44(71)25-20-42)63(100)88-51(37-43-22-27-46(91)28-23-43)62(99)86-47(15-10-31-79-67(73)74)58(95)84-49(60(97)89-53)17-12-33-81-69(77)78/h5-7,13-14,19-20,22-25,27-28,40,45,47-54,91H,8-12,15-18,21,26,29-39H2,1-4H3,(H2,72,92)(H,82,101)(H,83,93)(H,84,95)(H,85,98)(H,86,99)(H,87,96)(H,88,100)(H,89,97)(H4,73,74,79)(H4,75,76,80)(H4,77,78,81)/t45-,47+,48+,49+,50+,51+,52+,53+,54+/m1/s1. The molecule has 0 spiro atoms. The number of hydrogen-bond acceptors (Lipinski definition) is 17. The maximum Gasteiger partial charge on any atom is 0.328 e. The van der Waals surface area contributed by atoms with Gasteiger partial charge in [-0.25, -0.2) is 9.18 Å². The Labute approximate surface area is 603 Å². The second-order valence-corrected chi connectivity index (χ2v) is 26.9. The third kappa shape index (κ3) is 29.2. The Morgan fingerprint density at radius 1 is 0.548 bits per heavy atom. The Bertz CT molecular complexity index is 3530. The van der Waals surface area contributed by atoms with Crippen molar-refractivity contribution in [1.82, 2.24) is 47.4 Å². The van der Waals surface area contributed by atoms with Crippen LogP contribution in [0.25, 0.3) is 0 Å². The van der Waals surface area contributed by atoms with Crippen molar-refractivity contribution in [3.63, 3.8) is 0 Å². The number of primary amides is 1. The Hall–Kier alpha value is -11.0. The maximum atomic E-state index is 15.1. The van der Waals surface area contributed by atoms with Crippen molar-refractivity contribution >= 4 is 88.7 Å². The van der Waals surface area contributed by atoms with E-state index in [0.717, 1.165) is 22.6 Å². The average Bonchev–Trinajstić information content (AvgIpc) is 0.806.